The molecule has 3 nitrogen and oxygen atoms in total. The van der Waals surface area contributed by atoms with Crippen LogP contribution in [0.1, 0.15) is 25.8 Å². The number of benzene rings is 1. The third-order valence-corrected chi connectivity index (χ3v) is 5.15. The van der Waals surface area contributed by atoms with Crippen LogP contribution in [-0.4, -0.2) is 49.2 Å². The van der Waals surface area contributed by atoms with E-state index in [-0.39, 0.29) is 5.54 Å². The van der Waals surface area contributed by atoms with E-state index in [1.807, 2.05) is 23.9 Å². The Morgan fingerprint density at radius 3 is 2.57 bits per heavy atom. The van der Waals surface area contributed by atoms with Gasteiger partial charge in [0.05, 0.1) is 7.11 Å². The Morgan fingerprint density at radius 2 is 2.05 bits per heavy atom. The van der Waals surface area contributed by atoms with Crippen LogP contribution in [0.4, 0.5) is 0 Å². The van der Waals surface area contributed by atoms with Crippen LogP contribution in [0, 0.1) is 0 Å². The predicted molar refractivity (Wildman–Crippen MR) is 94.4 cm³/mol. The largest absolute Gasteiger partial charge is 0.496 e. The molecule has 1 aromatic carbocycles. The van der Waals surface area contributed by atoms with Crippen LogP contribution in [0.5, 0.6) is 5.75 Å². The van der Waals surface area contributed by atoms with E-state index in [1.165, 1.54) is 5.56 Å². The first-order chi connectivity index (χ1) is 10.0. The molecular formula is C17H30N2OS. The van der Waals surface area contributed by atoms with Crippen molar-refractivity contribution in [3.05, 3.63) is 29.8 Å². The van der Waals surface area contributed by atoms with Gasteiger partial charge >= 0.3 is 0 Å². The highest BCUT2D eigenvalue weighted by atomic mass is 32.2. The van der Waals surface area contributed by atoms with Gasteiger partial charge in [-0.2, -0.15) is 11.8 Å². The highest BCUT2D eigenvalue weighted by Gasteiger charge is 2.32. The van der Waals surface area contributed by atoms with Crippen LogP contribution in [-0.2, 0) is 6.42 Å². The molecule has 1 aromatic rings. The third kappa shape index (κ3) is 4.63. The first kappa shape index (κ1) is 18.3. The molecule has 0 spiro atoms. The van der Waals surface area contributed by atoms with Gasteiger partial charge in [-0.05, 0) is 44.7 Å². The molecule has 0 fully saturated rings. The van der Waals surface area contributed by atoms with Crippen molar-refractivity contribution >= 4 is 11.8 Å². The Kier molecular flexibility index (Phi) is 7.57. The van der Waals surface area contributed by atoms with Crippen LogP contribution < -0.4 is 10.5 Å². The van der Waals surface area contributed by atoms with E-state index in [1.54, 1.807) is 7.11 Å². The van der Waals surface area contributed by atoms with Crippen molar-refractivity contribution in [2.24, 2.45) is 5.73 Å². The maximum Gasteiger partial charge on any atom is 0.122 e. The van der Waals surface area contributed by atoms with E-state index in [9.17, 15) is 0 Å². The van der Waals surface area contributed by atoms with Gasteiger partial charge in [-0.1, -0.05) is 25.1 Å². The molecule has 1 rings (SSSR count). The van der Waals surface area contributed by atoms with Crippen molar-refractivity contribution in [2.45, 2.75) is 38.3 Å². The van der Waals surface area contributed by atoms with Gasteiger partial charge in [-0.3, -0.25) is 4.90 Å². The molecule has 0 aliphatic rings. The second-order valence-electron chi connectivity index (χ2n) is 5.82. The highest BCUT2D eigenvalue weighted by Crippen LogP contribution is 2.28. The van der Waals surface area contributed by atoms with Gasteiger partial charge in [0.15, 0.2) is 0 Å². The SMILES string of the molecule is CCC(CSC)N(C)C(C)(CN)Cc1ccccc1OC. The quantitative estimate of drug-likeness (QED) is 0.761. The summed E-state index contributed by atoms with van der Waals surface area (Å²) in [6.45, 7) is 5.13. The molecule has 0 heterocycles. The molecule has 0 saturated carbocycles. The van der Waals surface area contributed by atoms with Crippen LogP contribution >= 0.6 is 11.8 Å². The summed E-state index contributed by atoms with van der Waals surface area (Å²) >= 11 is 1.90. The van der Waals surface area contributed by atoms with Crippen LogP contribution in [0.25, 0.3) is 0 Å². The van der Waals surface area contributed by atoms with E-state index in [0.29, 0.717) is 12.6 Å². The molecule has 120 valence electrons. The lowest BCUT2D eigenvalue weighted by atomic mass is 9.89. The number of likely N-dealkylation sites (N-methyl/N-ethyl adjacent to an activating group) is 1. The molecule has 2 N–H and O–H groups in total. The normalized spacial score (nSPS) is 15.8. The number of hydrogen-bond donors (Lipinski definition) is 1. The average Bonchev–Trinajstić information content (AvgIpc) is 2.52. The Labute approximate surface area is 134 Å². The molecule has 0 aliphatic heterocycles. The molecule has 21 heavy (non-hydrogen) atoms. The Bertz CT molecular complexity index is 427. The van der Waals surface area contributed by atoms with Crippen molar-refractivity contribution in [2.75, 3.05) is 32.7 Å². The number of ether oxygens (including phenoxy) is 1. The summed E-state index contributed by atoms with van der Waals surface area (Å²) < 4.78 is 5.49. The van der Waals surface area contributed by atoms with Crippen molar-refractivity contribution < 1.29 is 4.74 Å². The van der Waals surface area contributed by atoms with Crippen LogP contribution in [0.15, 0.2) is 24.3 Å². The number of para-hydroxylation sites is 1. The van der Waals surface area contributed by atoms with E-state index < -0.39 is 0 Å². The molecule has 0 radical (unpaired) electrons. The Balaban J connectivity index is 2.97. The smallest absolute Gasteiger partial charge is 0.122 e. The topological polar surface area (TPSA) is 38.5 Å². The van der Waals surface area contributed by atoms with Crippen molar-refractivity contribution in [1.82, 2.24) is 4.90 Å². The third-order valence-electron chi connectivity index (χ3n) is 4.43. The fourth-order valence-electron chi connectivity index (χ4n) is 2.74. The van der Waals surface area contributed by atoms with Crippen molar-refractivity contribution in [3.63, 3.8) is 0 Å². The molecule has 0 aromatic heterocycles. The summed E-state index contributed by atoms with van der Waals surface area (Å²) in [5.74, 6) is 2.08. The number of nitrogens with two attached hydrogens (primary N) is 1. The van der Waals surface area contributed by atoms with E-state index >= 15 is 0 Å². The lowest BCUT2D eigenvalue weighted by molar-refractivity contribution is 0.0996. The summed E-state index contributed by atoms with van der Waals surface area (Å²) in [5, 5.41) is 0. The van der Waals surface area contributed by atoms with Crippen LogP contribution in [0.3, 0.4) is 0 Å². The lowest BCUT2D eigenvalue weighted by Crippen LogP contribution is -2.56. The molecule has 4 heteroatoms. The summed E-state index contributed by atoms with van der Waals surface area (Å²) in [6, 6.07) is 8.77. The Morgan fingerprint density at radius 1 is 1.38 bits per heavy atom. The summed E-state index contributed by atoms with van der Waals surface area (Å²) in [5.41, 5.74) is 7.30. The van der Waals surface area contributed by atoms with E-state index in [0.717, 1.165) is 24.3 Å². The van der Waals surface area contributed by atoms with Crippen molar-refractivity contribution in [1.29, 1.82) is 0 Å². The highest BCUT2D eigenvalue weighted by molar-refractivity contribution is 7.98. The maximum atomic E-state index is 6.15. The second kappa shape index (κ2) is 8.66. The second-order valence-corrected chi connectivity index (χ2v) is 6.73. The van der Waals surface area contributed by atoms with E-state index in [2.05, 4.69) is 44.2 Å². The monoisotopic (exact) mass is 310 g/mol. The van der Waals surface area contributed by atoms with Gasteiger partial charge in [-0.25, -0.2) is 0 Å². The zero-order valence-electron chi connectivity index (χ0n) is 14.1. The van der Waals surface area contributed by atoms with E-state index in [4.69, 9.17) is 10.5 Å². The zero-order chi connectivity index (χ0) is 15.9. The fourth-order valence-corrected chi connectivity index (χ4v) is 3.58. The van der Waals surface area contributed by atoms with Gasteiger partial charge in [0.1, 0.15) is 5.75 Å². The molecule has 0 aliphatic carbocycles. The molecule has 2 atom stereocenters. The summed E-state index contributed by atoms with van der Waals surface area (Å²) in [7, 11) is 3.93. The predicted octanol–water partition coefficient (Wildman–Crippen LogP) is 3.03. The number of rotatable bonds is 9. The van der Waals surface area contributed by atoms with Crippen LogP contribution in [0.2, 0.25) is 0 Å². The molecule has 0 amide bonds. The number of hydrogen-bond acceptors (Lipinski definition) is 4. The minimum Gasteiger partial charge on any atom is -0.496 e. The number of methoxy groups -OCH3 is 1. The van der Waals surface area contributed by atoms with Gasteiger partial charge < -0.3 is 10.5 Å². The zero-order valence-corrected chi connectivity index (χ0v) is 14.9. The van der Waals surface area contributed by atoms with Gasteiger partial charge in [0.2, 0.25) is 0 Å². The summed E-state index contributed by atoms with van der Waals surface area (Å²) in [4.78, 5) is 2.45. The molecular weight excluding hydrogens is 280 g/mol. The minimum atomic E-state index is -0.0644. The number of nitrogens with zero attached hydrogens (tertiary/aromatic N) is 1. The van der Waals surface area contributed by atoms with Crippen molar-refractivity contribution in [3.8, 4) is 5.75 Å². The maximum absolute atomic E-state index is 6.15. The molecule has 2 unspecified atom stereocenters. The first-order valence-corrected chi connectivity index (χ1v) is 8.95. The van der Waals surface area contributed by atoms with Gasteiger partial charge in [-0.15, -0.1) is 0 Å². The fraction of sp³-hybridized carbons (Fsp3) is 0.647. The van der Waals surface area contributed by atoms with Gasteiger partial charge in [0, 0.05) is 23.9 Å². The molecule has 0 bridgehead atoms. The lowest BCUT2D eigenvalue weighted by Gasteiger charge is -2.43. The first-order valence-electron chi connectivity index (χ1n) is 7.56. The Hall–Kier alpha value is -0.710. The summed E-state index contributed by atoms with van der Waals surface area (Å²) in [6.07, 6.45) is 4.20. The average molecular weight is 311 g/mol. The molecule has 0 saturated heterocycles. The minimum absolute atomic E-state index is 0.0644. The standard InChI is InChI=1S/C17H30N2OS/c1-6-15(12-21-5)19(3)17(2,13-18)11-14-9-7-8-10-16(14)20-4/h7-10,15H,6,11-13,18H2,1-5H3. The number of thioether (sulfide) groups is 1. The van der Waals surface area contributed by atoms with Gasteiger partial charge in [0.25, 0.3) is 0 Å².